The van der Waals surface area contributed by atoms with E-state index >= 15 is 0 Å². The van der Waals surface area contributed by atoms with Crippen LogP contribution in [0.15, 0.2) is 72.8 Å². The Labute approximate surface area is 208 Å². The minimum absolute atomic E-state index is 0.0133. The summed E-state index contributed by atoms with van der Waals surface area (Å²) in [5.41, 5.74) is 5.50. The van der Waals surface area contributed by atoms with E-state index in [-0.39, 0.29) is 17.4 Å². The van der Waals surface area contributed by atoms with Crippen LogP contribution in [0.2, 0.25) is 0 Å². The Balaban J connectivity index is 1.46. The summed E-state index contributed by atoms with van der Waals surface area (Å²) in [6, 6.07) is 24.1. The average Bonchev–Trinajstić information content (AvgIpc) is 3.19. The van der Waals surface area contributed by atoms with Crippen LogP contribution in [-0.4, -0.2) is 22.1 Å². The molecule has 5 nitrogen and oxygen atoms in total. The minimum atomic E-state index is -0.231. The number of nitrogens with one attached hydrogen (secondary N) is 1. The third-order valence-electron chi connectivity index (χ3n) is 6.37. The van der Waals surface area contributed by atoms with Crippen LogP contribution < -0.4 is 10.1 Å². The van der Waals surface area contributed by atoms with Crippen LogP contribution in [0.3, 0.4) is 0 Å². The van der Waals surface area contributed by atoms with E-state index in [1.54, 1.807) is 0 Å². The van der Waals surface area contributed by atoms with Crippen LogP contribution in [0.4, 0.5) is 0 Å². The van der Waals surface area contributed by atoms with Crippen molar-refractivity contribution < 1.29 is 9.53 Å². The number of carbonyl (C=O) groups excluding carboxylic acids is 1. The number of hydrogen-bond donors (Lipinski definition) is 1. The van der Waals surface area contributed by atoms with Gasteiger partial charge in [0.2, 0.25) is 5.91 Å². The maximum Gasteiger partial charge on any atom is 0.225 e. The monoisotopic (exact) mass is 469 g/mol. The van der Waals surface area contributed by atoms with E-state index in [4.69, 9.17) is 9.72 Å². The molecule has 1 atom stereocenters. The van der Waals surface area contributed by atoms with Gasteiger partial charge < -0.3 is 14.6 Å². The largest absolute Gasteiger partial charge is 0.492 e. The number of aromatic nitrogens is 2. The zero-order chi connectivity index (χ0) is 25.0. The van der Waals surface area contributed by atoms with Crippen molar-refractivity contribution in [2.24, 2.45) is 0 Å². The number of aryl methyl sites for hydroxylation is 1. The van der Waals surface area contributed by atoms with Crippen LogP contribution in [0.25, 0.3) is 11.0 Å². The van der Waals surface area contributed by atoms with E-state index in [0.717, 1.165) is 33.7 Å². The first kappa shape index (κ1) is 24.5. The standard InChI is InChI=1S/C30H35N3O2/c1-21-10-6-7-11-23(21)20-28(34)31-22(2)29-32-26-12-8-9-13-27(26)33(29)18-19-35-25-16-14-24(15-17-25)30(3,4)5/h6-17,22H,18-20H2,1-5H3,(H,31,34). The van der Waals surface area contributed by atoms with Crippen molar-refractivity contribution in [3.8, 4) is 5.75 Å². The fraction of sp³-hybridized carbons (Fsp3) is 0.333. The van der Waals surface area contributed by atoms with Crippen LogP contribution in [0.1, 0.15) is 56.3 Å². The molecule has 0 saturated carbocycles. The third kappa shape index (κ3) is 5.91. The van der Waals surface area contributed by atoms with Gasteiger partial charge in [-0.3, -0.25) is 4.79 Å². The lowest BCUT2D eigenvalue weighted by Gasteiger charge is -2.19. The second kappa shape index (κ2) is 10.3. The zero-order valence-electron chi connectivity index (χ0n) is 21.3. The molecule has 0 aliphatic carbocycles. The predicted molar refractivity (Wildman–Crippen MR) is 142 cm³/mol. The number of para-hydroxylation sites is 2. The highest BCUT2D eigenvalue weighted by atomic mass is 16.5. The highest BCUT2D eigenvalue weighted by Crippen LogP contribution is 2.25. The molecule has 1 aromatic heterocycles. The molecule has 0 fully saturated rings. The number of hydrogen-bond acceptors (Lipinski definition) is 3. The first-order chi connectivity index (χ1) is 16.7. The molecule has 182 valence electrons. The summed E-state index contributed by atoms with van der Waals surface area (Å²) in [6.45, 7) is 11.8. The molecule has 4 rings (SSSR count). The van der Waals surface area contributed by atoms with Crippen molar-refractivity contribution in [3.05, 3.63) is 95.3 Å². The summed E-state index contributed by atoms with van der Waals surface area (Å²) in [7, 11) is 0. The lowest BCUT2D eigenvalue weighted by molar-refractivity contribution is -0.121. The molecular formula is C30H35N3O2. The minimum Gasteiger partial charge on any atom is -0.492 e. The van der Waals surface area contributed by atoms with Gasteiger partial charge in [-0.2, -0.15) is 0 Å². The molecule has 3 aromatic carbocycles. The Morgan fingerprint density at radius 2 is 1.69 bits per heavy atom. The Morgan fingerprint density at radius 1 is 1.00 bits per heavy atom. The highest BCUT2D eigenvalue weighted by Gasteiger charge is 2.19. The molecule has 0 radical (unpaired) electrons. The van der Waals surface area contributed by atoms with Crippen LogP contribution >= 0.6 is 0 Å². The number of imidazole rings is 1. The first-order valence-corrected chi connectivity index (χ1v) is 12.2. The number of ether oxygens (including phenoxy) is 1. The normalized spacial score (nSPS) is 12.5. The molecule has 1 unspecified atom stereocenters. The Hall–Kier alpha value is -3.60. The van der Waals surface area contributed by atoms with Gasteiger partial charge in [-0.1, -0.05) is 69.3 Å². The summed E-state index contributed by atoms with van der Waals surface area (Å²) in [6.07, 6.45) is 0.352. The molecule has 0 saturated heterocycles. The lowest BCUT2D eigenvalue weighted by Crippen LogP contribution is -2.30. The van der Waals surface area contributed by atoms with Crippen LogP contribution in [0, 0.1) is 6.92 Å². The number of carbonyl (C=O) groups is 1. The van der Waals surface area contributed by atoms with Crippen molar-refractivity contribution in [2.45, 2.75) is 59.0 Å². The lowest BCUT2D eigenvalue weighted by atomic mass is 9.87. The van der Waals surface area contributed by atoms with Gasteiger partial charge >= 0.3 is 0 Å². The van der Waals surface area contributed by atoms with E-state index < -0.39 is 0 Å². The van der Waals surface area contributed by atoms with Gasteiger partial charge in [0.25, 0.3) is 0 Å². The molecular weight excluding hydrogens is 434 g/mol. The molecule has 0 spiro atoms. The number of fused-ring (bicyclic) bond motifs is 1. The molecule has 4 aromatic rings. The van der Waals surface area contributed by atoms with Gasteiger partial charge in [-0.15, -0.1) is 0 Å². The van der Waals surface area contributed by atoms with Gasteiger partial charge in [0.05, 0.1) is 30.0 Å². The van der Waals surface area contributed by atoms with E-state index in [1.165, 1.54) is 5.56 Å². The maximum absolute atomic E-state index is 12.8. The molecule has 35 heavy (non-hydrogen) atoms. The van der Waals surface area contributed by atoms with E-state index in [9.17, 15) is 4.79 Å². The summed E-state index contributed by atoms with van der Waals surface area (Å²) in [4.78, 5) is 17.6. The van der Waals surface area contributed by atoms with Gasteiger partial charge in [-0.05, 0) is 60.2 Å². The van der Waals surface area contributed by atoms with Crippen molar-refractivity contribution in [3.63, 3.8) is 0 Å². The molecule has 1 N–H and O–H groups in total. The van der Waals surface area contributed by atoms with Crippen LogP contribution in [-0.2, 0) is 23.2 Å². The van der Waals surface area contributed by atoms with E-state index in [2.05, 4.69) is 48.9 Å². The van der Waals surface area contributed by atoms with Crippen LogP contribution in [0.5, 0.6) is 5.75 Å². The number of rotatable bonds is 8. The smallest absolute Gasteiger partial charge is 0.225 e. The molecule has 1 heterocycles. The average molecular weight is 470 g/mol. The molecule has 0 aliphatic rings. The Morgan fingerprint density at radius 3 is 2.40 bits per heavy atom. The third-order valence-corrected chi connectivity index (χ3v) is 6.37. The predicted octanol–water partition coefficient (Wildman–Crippen LogP) is 6.14. The van der Waals surface area contributed by atoms with Crippen molar-refractivity contribution in [1.82, 2.24) is 14.9 Å². The van der Waals surface area contributed by atoms with Gasteiger partial charge in [-0.25, -0.2) is 4.98 Å². The SMILES string of the molecule is Cc1ccccc1CC(=O)NC(C)c1nc2ccccc2n1CCOc1ccc(C(C)(C)C)cc1. The van der Waals surface area contributed by atoms with Gasteiger partial charge in [0.1, 0.15) is 18.2 Å². The molecule has 0 aliphatic heterocycles. The maximum atomic E-state index is 12.8. The second-order valence-electron chi connectivity index (χ2n) is 10.1. The fourth-order valence-corrected chi connectivity index (χ4v) is 4.30. The first-order valence-electron chi connectivity index (χ1n) is 12.2. The van der Waals surface area contributed by atoms with Crippen molar-refractivity contribution in [2.75, 3.05) is 6.61 Å². The number of nitrogens with zero attached hydrogens (tertiary/aromatic N) is 2. The van der Waals surface area contributed by atoms with Crippen molar-refractivity contribution >= 4 is 16.9 Å². The summed E-state index contributed by atoms with van der Waals surface area (Å²) in [5, 5.41) is 3.14. The Kier molecular flexibility index (Phi) is 7.25. The summed E-state index contributed by atoms with van der Waals surface area (Å²) in [5.74, 6) is 1.67. The molecule has 5 heteroatoms. The number of amides is 1. The fourth-order valence-electron chi connectivity index (χ4n) is 4.30. The number of benzene rings is 3. The van der Waals surface area contributed by atoms with E-state index in [1.807, 2.05) is 68.4 Å². The van der Waals surface area contributed by atoms with E-state index in [0.29, 0.717) is 19.6 Å². The summed E-state index contributed by atoms with van der Waals surface area (Å²) >= 11 is 0. The topological polar surface area (TPSA) is 56.2 Å². The quantitative estimate of drug-likeness (QED) is 0.337. The van der Waals surface area contributed by atoms with Gasteiger partial charge in [0.15, 0.2) is 0 Å². The highest BCUT2D eigenvalue weighted by molar-refractivity contribution is 5.80. The van der Waals surface area contributed by atoms with Gasteiger partial charge in [0, 0.05) is 0 Å². The molecule has 1 amide bonds. The summed E-state index contributed by atoms with van der Waals surface area (Å²) < 4.78 is 8.22. The van der Waals surface area contributed by atoms with Crippen molar-refractivity contribution in [1.29, 1.82) is 0 Å². The zero-order valence-corrected chi connectivity index (χ0v) is 21.3. The molecule has 0 bridgehead atoms. The second-order valence-corrected chi connectivity index (χ2v) is 10.1. The Bertz CT molecular complexity index is 1300.